The summed E-state index contributed by atoms with van der Waals surface area (Å²) in [5, 5.41) is 0. The molecule has 0 fully saturated rings. The van der Waals surface area contributed by atoms with Crippen LogP contribution in [0.25, 0.3) is 0 Å². The summed E-state index contributed by atoms with van der Waals surface area (Å²) in [5.74, 6) is -1.39. The summed E-state index contributed by atoms with van der Waals surface area (Å²) in [5.41, 5.74) is 0.995. The number of esters is 1. The lowest BCUT2D eigenvalue weighted by molar-refractivity contribution is -0.142. The van der Waals surface area contributed by atoms with Crippen molar-refractivity contribution in [3.63, 3.8) is 0 Å². The number of benzene rings is 2. The van der Waals surface area contributed by atoms with Crippen molar-refractivity contribution < 1.29 is 18.3 Å². The van der Waals surface area contributed by atoms with Crippen molar-refractivity contribution in [3.8, 4) is 0 Å². The molecular formula is C15H11BrF2O2. The molecule has 0 saturated carbocycles. The Morgan fingerprint density at radius 2 is 1.30 bits per heavy atom. The molecule has 0 saturated heterocycles. The average molecular weight is 341 g/mol. The van der Waals surface area contributed by atoms with Gasteiger partial charge in [-0.05, 0) is 35.4 Å². The summed E-state index contributed by atoms with van der Waals surface area (Å²) in [7, 11) is 1.26. The minimum absolute atomic E-state index is 0.410. The van der Waals surface area contributed by atoms with E-state index in [1.807, 2.05) is 0 Å². The van der Waals surface area contributed by atoms with Gasteiger partial charge >= 0.3 is 5.97 Å². The third kappa shape index (κ3) is 2.58. The molecule has 0 aliphatic carbocycles. The molecule has 104 valence electrons. The number of hydrogen-bond donors (Lipinski definition) is 0. The fourth-order valence-corrected chi connectivity index (χ4v) is 2.59. The smallest absolute Gasteiger partial charge is 0.331 e. The van der Waals surface area contributed by atoms with Crippen molar-refractivity contribution in [1.82, 2.24) is 0 Å². The van der Waals surface area contributed by atoms with Gasteiger partial charge in [0, 0.05) is 0 Å². The van der Waals surface area contributed by atoms with Crippen molar-refractivity contribution in [1.29, 1.82) is 0 Å². The predicted molar refractivity (Wildman–Crippen MR) is 74.5 cm³/mol. The number of carbonyl (C=O) groups is 1. The second kappa shape index (κ2) is 5.71. The Kier molecular flexibility index (Phi) is 4.18. The van der Waals surface area contributed by atoms with Gasteiger partial charge in [0.25, 0.3) is 0 Å². The number of hydrogen-bond acceptors (Lipinski definition) is 2. The first kappa shape index (κ1) is 14.7. The first-order valence-corrected chi connectivity index (χ1v) is 6.57. The topological polar surface area (TPSA) is 26.3 Å². The highest BCUT2D eigenvalue weighted by atomic mass is 79.9. The summed E-state index contributed by atoms with van der Waals surface area (Å²) >= 11 is 3.36. The minimum atomic E-state index is -1.30. The molecule has 0 atom stereocenters. The van der Waals surface area contributed by atoms with E-state index in [2.05, 4.69) is 15.9 Å². The molecule has 0 spiro atoms. The lowest BCUT2D eigenvalue weighted by Crippen LogP contribution is -2.32. The molecule has 20 heavy (non-hydrogen) atoms. The van der Waals surface area contributed by atoms with Crippen LogP contribution in [0.4, 0.5) is 8.78 Å². The average Bonchev–Trinajstić information content (AvgIpc) is 2.47. The van der Waals surface area contributed by atoms with Crippen molar-refractivity contribution in [2.75, 3.05) is 7.11 Å². The Hall–Kier alpha value is -1.75. The zero-order valence-corrected chi connectivity index (χ0v) is 12.2. The van der Waals surface area contributed by atoms with Crippen LogP contribution in [0.5, 0.6) is 0 Å². The van der Waals surface area contributed by atoms with E-state index in [1.54, 1.807) is 0 Å². The Labute approximate surface area is 123 Å². The number of halogens is 3. The van der Waals surface area contributed by atoms with Crippen LogP contribution < -0.4 is 0 Å². The number of methoxy groups -OCH3 is 1. The minimum Gasteiger partial charge on any atom is -0.467 e. The van der Waals surface area contributed by atoms with Gasteiger partial charge in [-0.25, -0.2) is 13.6 Å². The Balaban J connectivity index is 2.58. The standard InChI is InChI=1S/C15H11BrF2O2/c1-20-14(19)15(16,10-2-6-12(17)7-3-10)11-4-8-13(18)9-5-11/h2-9H,1H3. The van der Waals surface area contributed by atoms with Crippen LogP contribution in [-0.4, -0.2) is 13.1 Å². The summed E-state index contributed by atoms with van der Waals surface area (Å²) < 4.78 is 29.6. The monoisotopic (exact) mass is 340 g/mol. The molecule has 0 aliphatic rings. The van der Waals surface area contributed by atoms with E-state index in [9.17, 15) is 13.6 Å². The molecule has 0 unspecified atom stereocenters. The lowest BCUT2D eigenvalue weighted by atomic mass is 9.91. The van der Waals surface area contributed by atoms with E-state index >= 15 is 0 Å². The molecule has 5 heteroatoms. The maximum atomic E-state index is 13.0. The van der Waals surface area contributed by atoms with Gasteiger partial charge in [-0.3, -0.25) is 0 Å². The summed E-state index contributed by atoms with van der Waals surface area (Å²) in [6.07, 6.45) is 0. The van der Waals surface area contributed by atoms with Gasteiger partial charge in [-0.1, -0.05) is 40.2 Å². The van der Waals surface area contributed by atoms with E-state index in [0.717, 1.165) is 0 Å². The van der Waals surface area contributed by atoms with Crippen molar-refractivity contribution in [3.05, 3.63) is 71.3 Å². The highest BCUT2D eigenvalue weighted by molar-refractivity contribution is 9.10. The van der Waals surface area contributed by atoms with Crippen molar-refractivity contribution in [2.24, 2.45) is 0 Å². The van der Waals surface area contributed by atoms with Crippen LogP contribution >= 0.6 is 15.9 Å². The second-order valence-electron chi connectivity index (χ2n) is 4.16. The number of rotatable bonds is 3. The van der Waals surface area contributed by atoms with Gasteiger partial charge in [0.1, 0.15) is 11.6 Å². The SMILES string of the molecule is COC(=O)C(Br)(c1ccc(F)cc1)c1ccc(F)cc1. The van der Waals surface area contributed by atoms with Gasteiger partial charge in [-0.2, -0.15) is 0 Å². The predicted octanol–water partition coefficient (Wildman–Crippen LogP) is 3.78. The molecule has 0 N–H and O–H groups in total. The molecule has 0 aliphatic heterocycles. The van der Waals surface area contributed by atoms with E-state index in [-0.39, 0.29) is 0 Å². The maximum absolute atomic E-state index is 13.0. The zero-order valence-electron chi connectivity index (χ0n) is 10.6. The third-order valence-electron chi connectivity index (χ3n) is 2.95. The van der Waals surface area contributed by atoms with Gasteiger partial charge in [0.15, 0.2) is 4.32 Å². The quantitative estimate of drug-likeness (QED) is 0.627. The van der Waals surface area contributed by atoms with Crippen LogP contribution in [0.2, 0.25) is 0 Å². The van der Waals surface area contributed by atoms with E-state index in [0.29, 0.717) is 11.1 Å². The van der Waals surface area contributed by atoms with Crippen molar-refractivity contribution >= 4 is 21.9 Å². The molecule has 0 amide bonds. The van der Waals surface area contributed by atoms with Crippen molar-refractivity contribution in [2.45, 2.75) is 4.32 Å². The summed E-state index contributed by atoms with van der Waals surface area (Å²) in [4.78, 5) is 12.1. The molecule has 2 aromatic rings. The molecule has 2 aromatic carbocycles. The Morgan fingerprint density at radius 3 is 1.60 bits per heavy atom. The molecular weight excluding hydrogens is 330 g/mol. The summed E-state index contributed by atoms with van der Waals surface area (Å²) in [6.45, 7) is 0. The van der Waals surface area contributed by atoms with Crippen LogP contribution in [-0.2, 0) is 13.9 Å². The lowest BCUT2D eigenvalue weighted by Gasteiger charge is -2.25. The largest absolute Gasteiger partial charge is 0.467 e. The van der Waals surface area contributed by atoms with Crippen LogP contribution in [0.3, 0.4) is 0 Å². The normalized spacial score (nSPS) is 11.2. The van der Waals surface area contributed by atoms with Crippen LogP contribution in [0.15, 0.2) is 48.5 Å². The highest BCUT2D eigenvalue weighted by Gasteiger charge is 2.40. The van der Waals surface area contributed by atoms with E-state index in [1.165, 1.54) is 55.6 Å². The Morgan fingerprint density at radius 1 is 0.950 bits per heavy atom. The summed E-state index contributed by atoms with van der Waals surface area (Å²) in [6, 6.07) is 10.9. The Bertz CT molecular complexity index is 563. The fourth-order valence-electron chi connectivity index (χ4n) is 1.90. The van der Waals surface area contributed by atoms with E-state index in [4.69, 9.17) is 4.74 Å². The van der Waals surface area contributed by atoms with Gasteiger partial charge in [0.05, 0.1) is 7.11 Å². The molecule has 0 heterocycles. The third-order valence-corrected chi connectivity index (χ3v) is 4.19. The molecule has 0 aromatic heterocycles. The van der Waals surface area contributed by atoms with Crippen LogP contribution in [0.1, 0.15) is 11.1 Å². The first-order chi connectivity index (χ1) is 9.48. The van der Waals surface area contributed by atoms with Gasteiger partial charge in [0.2, 0.25) is 0 Å². The highest BCUT2D eigenvalue weighted by Crippen LogP contribution is 2.40. The fraction of sp³-hybridized carbons (Fsp3) is 0.133. The van der Waals surface area contributed by atoms with Gasteiger partial charge in [-0.15, -0.1) is 0 Å². The molecule has 0 bridgehead atoms. The molecule has 0 radical (unpaired) electrons. The molecule has 2 rings (SSSR count). The van der Waals surface area contributed by atoms with Gasteiger partial charge < -0.3 is 4.74 Å². The molecule has 2 nitrogen and oxygen atoms in total. The van der Waals surface area contributed by atoms with E-state index < -0.39 is 21.9 Å². The first-order valence-electron chi connectivity index (χ1n) is 5.78. The number of alkyl halides is 1. The zero-order chi connectivity index (χ0) is 14.8. The maximum Gasteiger partial charge on any atom is 0.331 e. The number of ether oxygens (including phenoxy) is 1. The second-order valence-corrected chi connectivity index (χ2v) is 5.35. The van der Waals surface area contributed by atoms with Crippen LogP contribution in [0, 0.1) is 11.6 Å². The number of carbonyl (C=O) groups excluding carboxylic acids is 1.